The zero-order valence-electron chi connectivity index (χ0n) is 12.9. The normalized spacial score (nSPS) is 22.0. The van der Waals surface area contributed by atoms with E-state index in [1.165, 1.54) is 5.56 Å². The van der Waals surface area contributed by atoms with Gasteiger partial charge < -0.3 is 14.4 Å². The fraction of sp³-hybridized carbons (Fsp3) is 0.500. The van der Waals surface area contributed by atoms with Gasteiger partial charge in [-0.05, 0) is 12.5 Å². The first-order valence-electron chi connectivity index (χ1n) is 7.50. The van der Waals surface area contributed by atoms with E-state index < -0.39 is 0 Å². The van der Waals surface area contributed by atoms with Crippen LogP contribution >= 0.6 is 11.3 Å². The Bertz CT molecular complexity index is 590. The molecule has 2 heterocycles. The summed E-state index contributed by atoms with van der Waals surface area (Å²) in [6, 6.07) is 10.4. The molecule has 1 fully saturated rings. The Hall–Kier alpha value is -1.50. The van der Waals surface area contributed by atoms with Crippen LogP contribution in [0.15, 0.2) is 30.3 Å². The van der Waals surface area contributed by atoms with Crippen LogP contribution in [0, 0.1) is 0 Å². The molecule has 22 heavy (non-hydrogen) atoms. The Morgan fingerprint density at radius 1 is 1.27 bits per heavy atom. The molecule has 0 spiro atoms. The van der Waals surface area contributed by atoms with Gasteiger partial charge in [0.05, 0.1) is 18.8 Å². The third-order valence-electron chi connectivity index (χ3n) is 3.60. The Kier molecular flexibility index (Phi) is 5.02. The molecule has 2 aromatic rings. The number of ether oxygens (including phenoxy) is 2. The maximum Gasteiger partial charge on any atom is 0.208 e. The van der Waals surface area contributed by atoms with Crippen LogP contribution in [0.25, 0.3) is 0 Å². The first kappa shape index (κ1) is 15.4. The van der Waals surface area contributed by atoms with Gasteiger partial charge in [-0.2, -0.15) is 0 Å². The van der Waals surface area contributed by atoms with Gasteiger partial charge in [-0.1, -0.05) is 41.7 Å². The summed E-state index contributed by atoms with van der Waals surface area (Å²) < 4.78 is 11.1. The van der Waals surface area contributed by atoms with E-state index in [0.29, 0.717) is 6.61 Å². The molecule has 2 unspecified atom stereocenters. The summed E-state index contributed by atoms with van der Waals surface area (Å²) in [6.45, 7) is 4.34. The SMILES string of the molecule is COCC1CN(c2nnc(Cc3ccccc3)s2)CC(C)O1. The van der Waals surface area contributed by atoms with E-state index >= 15 is 0 Å². The highest BCUT2D eigenvalue weighted by molar-refractivity contribution is 7.15. The monoisotopic (exact) mass is 319 g/mol. The molecule has 0 radical (unpaired) electrons. The van der Waals surface area contributed by atoms with Gasteiger partial charge in [0, 0.05) is 26.6 Å². The molecule has 6 heteroatoms. The van der Waals surface area contributed by atoms with Crippen molar-refractivity contribution in [2.45, 2.75) is 25.6 Å². The predicted octanol–water partition coefficient (Wildman–Crippen LogP) is 2.37. The summed E-state index contributed by atoms with van der Waals surface area (Å²) in [6.07, 6.45) is 1.10. The Balaban J connectivity index is 1.67. The lowest BCUT2D eigenvalue weighted by Gasteiger charge is -2.36. The summed E-state index contributed by atoms with van der Waals surface area (Å²) >= 11 is 1.66. The van der Waals surface area contributed by atoms with E-state index in [4.69, 9.17) is 9.47 Å². The molecule has 1 saturated heterocycles. The van der Waals surface area contributed by atoms with Crippen LogP contribution in [-0.4, -0.2) is 49.2 Å². The predicted molar refractivity (Wildman–Crippen MR) is 87.6 cm³/mol. The smallest absolute Gasteiger partial charge is 0.208 e. The summed E-state index contributed by atoms with van der Waals surface area (Å²) in [7, 11) is 1.70. The molecular formula is C16H21N3O2S. The van der Waals surface area contributed by atoms with Crippen molar-refractivity contribution in [2.75, 3.05) is 31.7 Å². The van der Waals surface area contributed by atoms with Crippen LogP contribution in [0.5, 0.6) is 0 Å². The molecule has 1 aromatic carbocycles. The zero-order valence-corrected chi connectivity index (χ0v) is 13.8. The lowest BCUT2D eigenvalue weighted by molar-refractivity contribution is -0.0511. The quantitative estimate of drug-likeness (QED) is 0.847. The number of aromatic nitrogens is 2. The number of benzene rings is 1. The summed E-state index contributed by atoms with van der Waals surface area (Å²) in [5.41, 5.74) is 1.26. The lowest BCUT2D eigenvalue weighted by atomic mass is 10.2. The average molecular weight is 319 g/mol. The summed E-state index contributed by atoms with van der Waals surface area (Å²) in [4.78, 5) is 2.25. The molecule has 5 nitrogen and oxygen atoms in total. The summed E-state index contributed by atoms with van der Waals surface area (Å²) in [5.74, 6) is 0. The highest BCUT2D eigenvalue weighted by Gasteiger charge is 2.27. The number of hydrogen-bond donors (Lipinski definition) is 0. The van der Waals surface area contributed by atoms with Gasteiger partial charge >= 0.3 is 0 Å². The molecule has 0 N–H and O–H groups in total. The van der Waals surface area contributed by atoms with Crippen molar-refractivity contribution < 1.29 is 9.47 Å². The highest BCUT2D eigenvalue weighted by atomic mass is 32.1. The molecule has 2 atom stereocenters. The van der Waals surface area contributed by atoms with E-state index in [2.05, 4.69) is 46.3 Å². The molecule has 0 bridgehead atoms. The molecule has 118 valence electrons. The zero-order chi connectivity index (χ0) is 15.4. The Labute approximate surface area is 134 Å². The van der Waals surface area contributed by atoms with Gasteiger partial charge in [0.15, 0.2) is 0 Å². The van der Waals surface area contributed by atoms with Crippen LogP contribution in [-0.2, 0) is 15.9 Å². The van der Waals surface area contributed by atoms with Crippen molar-refractivity contribution in [2.24, 2.45) is 0 Å². The minimum Gasteiger partial charge on any atom is -0.382 e. The number of hydrogen-bond acceptors (Lipinski definition) is 6. The minimum atomic E-state index is 0.0928. The summed E-state index contributed by atoms with van der Waals surface area (Å²) in [5, 5.41) is 10.7. The number of morpholine rings is 1. The van der Waals surface area contributed by atoms with E-state index in [0.717, 1.165) is 29.6 Å². The fourth-order valence-corrected chi connectivity index (χ4v) is 3.58. The first-order valence-corrected chi connectivity index (χ1v) is 8.32. The van der Waals surface area contributed by atoms with Crippen molar-refractivity contribution in [1.82, 2.24) is 10.2 Å². The second-order valence-corrected chi connectivity index (χ2v) is 6.61. The molecule has 0 aliphatic carbocycles. The second kappa shape index (κ2) is 7.17. The van der Waals surface area contributed by atoms with E-state index in [-0.39, 0.29) is 12.2 Å². The van der Waals surface area contributed by atoms with E-state index in [1.54, 1.807) is 18.4 Å². The van der Waals surface area contributed by atoms with E-state index in [1.807, 2.05) is 6.07 Å². The van der Waals surface area contributed by atoms with Gasteiger partial charge in [0.25, 0.3) is 0 Å². The third-order valence-corrected chi connectivity index (χ3v) is 4.59. The van der Waals surface area contributed by atoms with Gasteiger partial charge in [-0.15, -0.1) is 10.2 Å². The fourth-order valence-electron chi connectivity index (χ4n) is 2.69. The highest BCUT2D eigenvalue weighted by Crippen LogP contribution is 2.25. The van der Waals surface area contributed by atoms with Gasteiger partial charge in [0.2, 0.25) is 5.13 Å². The van der Waals surface area contributed by atoms with Gasteiger partial charge in [0.1, 0.15) is 5.01 Å². The standard InChI is InChI=1S/C16H21N3O2S/c1-12-9-19(10-14(21-12)11-20-2)16-18-17-15(22-16)8-13-6-4-3-5-7-13/h3-7,12,14H,8-11H2,1-2H3. The number of anilines is 1. The van der Waals surface area contributed by atoms with Crippen molar-refractivity contribution in [3.05, 3.63) is 40.9 Å². The maximum atomic E-state index is 5.87. The molecule has 3 rings (SSSR count). The molecule has 0 saturated carbocycles. The first-order chi connectivity index (χ1) is 10.7. The van der Waals surface area contributed by atoms with Crippen LogP contribution in [0.4, 0.5) is 5.13 Å². The largest absolute Gasteiger partial charge is 0.382 e. The molecule has 0 amide bonds. The van der Waals surface area contributed by atoms with Crippen LogP contribution < -0.4 is 4.90 Å². The molecule has 1 aromatic heterocycles. The second-order valence-electron chi connectivity index (χ2n) is 5.57. The number of nitrogens with zero attached hydrogens (tertiary/aromatic N) is 3. The average Bonchev–Trinajstić information content (AvgIpc) is 2.97. The Morgan fingerprint density at radius 3 is 2.86 bits per heavy atom. The molecule has 1 aliphatic heterocycles. The van der Waals surface area contributed by atoms with Crippen molar-refractivity contribution >= 4 is 16.5 Å². The van der Waals surface area contributed by atoms with Crippen molar-refractivity contribution in [3.8, 4) is 0 Å². The Morgan fingerprint density at radius 2 is 2.09 bits per heavy atom. The van der Waals surface area contributed by atoms with Gasteiger partial charge in [-0.25, -0.2) is 0 Å². The molecule has 1 aliphatic rings. The van der Waals surface area contributed by atoms with Crippen molar-refractivity contribution in [1.29, 1.82) is 0 Å². The van der Waals surface area contributed by atoms with Crippen LogP contribution in [0.1, 0.15) is 17.5 Å². The van der Waals surface area contributed by atoms with E-state index in [9.17, 15) is 0 Å². The topological polar surface area (TPSA) is 47.5 Å². The maximum absolute atomic E-state index is 5.87. The number of methoxy groups -OCH3 is 1. The third kappa shape index (κ3) is 3.82. The minimum absolute atomic E-state index is 0.0928. The van der Waals surface area contributed by atoms with Crippen LogP contribution in [0.2, 0.25) is 0 Å². The molecular weight excluding hydrogens is 298 g/mol. The van der Waals surface area contributed by atoms with Crippen LogP contribution in [0.3, 0.4) is 0 Å². The lowest BCUT2D eigenvalue weighted by Crippen LogP contribution is -2.48. The number of rotatable bonds is 5. The van der Waals surface area contributed by atoms with Gasteiger partial charge in [-0.3, -0.25) is 0 Å². The van der Waals surface area contributed by atoms with Crippen molar-refractivity contribution in [3.63, 3.8) is 0 Å².